The third-order valence-electron chi connectivity index (χ3n) is 12.3. The van der Waals surface area contributed by atoms with Gasteiger partial charge in [-0.1, -0.05) is 29.3 Å². The molecule has 0 radical (unpaired) electrons. The molecule has 1 amide bonds. The van der Waals surface area contributed by atoms with Crippen LogP contribution in [0.2, 0.25) is 0 Å². The number of nitrogens with zero attached hydrogens (tertiary/aromatic N) is 6. The smallest absolute Gasteiger partial charge is 0.406 e. The number of hydrogen-bond acceptors (Lipinski definition) is 14. The minimum absolute atomic E-state index is 0.110. The number of likely N-dealkylation sites (tertiary alicyclic amines) is 1. The molecule has 21 heteroatoms. The number of amides is 1. The Bertz CT molecular complexity index is 3070. The van der Waals surface area contributed by atoms with Gasteiger partial charge in [-0.05, 0) is 87.3 Å². The summed E-state index contributed by atoms with van der Waals surface area (Å²) in [6, 6.07) is 21.0. The number of benzene rings is 3. The number of alkyl halides is 4. The van der Waals surface area contributed by atoms with E-state index in [0.29, 0.717) is 103 Å². The van der Waals surface area contributed by atoms with E-state index in [9.17, 15) is 22.4 Å². The summed E-state index contributed by atoms with van der Waals surface area (Å²) in [7, 11) is 5.18. The summed E-state index contributed by atoms with van der Waals surface area (Å²) in [4.78, 5) is 23.7. The monoisotopic (exact) mass is 1020 g/mol. The van der Waals surface area contributed by atoms with E-state index in [0.717, 1.165) is 32.5 Å². The summed E-state index contributed by atoms with van der Waals surface area (Å²) in [6.45, 7) is 5.74. The lowest BCUT2D eigenvalue weighted by molar-refractivity contribution is -0.140. The summed E-state index contributed by atoms with van der Waals surface area (Å²) >= 11 is 0. The van der Waals surface area contributed by atoms with Gasteiger partial charge in [0.05, 0.1) is 80.8 Å². The van der Waals surface area contributed by atoms with Gasteiger partial charge in [-0.3, -0.25) is 4.79 Å². The maximum absolute atomic E-state index is 14.9. The number of carbonyl (C=O) groups excluding carboxylic acids is 1. The minimum Gasteiger partial charge on any atom is -0.494 e. The molecule has 5 heterocycles. The van der Waals surface area contributed by atoms with Crippen LogP contribution in [0.15, 0.2) is 83.5 Å². The standard InChI is InChI=1S/C53H60F4N10O7/c1-34-50(35(2)74-64-34)37-26-47-51(61-29-37)63-52(58-3)66(47)30-36-9-6-11-39(25-36)73-32-49(68)60-18-20-70-21-22-71-23-24-72-40-14-15-45(48(28-40)69-5)59-17-8-10-38-27-41-43(62-44-16-19-65(4)31-42(44)54)12-7-13-46(41)67(38)33-53(55,56)57/h6-7,9,11-15,25-29,42,44,59,62H,16-24,30-33H2,1-5H3,(H,60,68)(H,58,61,63)/t42-,44+/m0/s1. The number of imidazole rings is 1. The third kappa shape index (κ3) is 13.5. The molecule has 0 bridgehead atoms. The van der Waals surface area contributed by atoms with Gasteiger partial charge in [0.25, 0.3) is 5.91 Å². The lowest BCUT2D eigenvalue weighted by atomic mass is 10.0. The predicted octanol–water partition coefficient (Wildman–Crippen LogP) is 7.84. The first-order chi connectivity index (χ1) is 35.8. The number of nitrogens with one attached hydrogen (secondary N) is 4. The number of rotatable bonds is 23. The molecule has 0 aliphatic carbocycles. The maximum Gasteiger partial charge on any atom is 0.406 e. The first-order valence-corrected chi connectivity index (χ1v) is 24.2. The summed E-state index contributed by atoms with van der Waals surface area (Å²) in [5, 5.41) is 17.0. The molecular weight excluding hydrogens is 965 g/mol. The van der Waals surface area contributed by atoms with Gasteiger partial charge in [0.1, 0.15) is 42.3 Å². The molecule has 1 fully saturated rings. The van der Waals surface area contributed by atoms with Crippen LogP contribution in [0.5, 0.6) is 17.2 Å². The predicted molar refractivity (Wildman–Crippen MR) is 274 cm³/mol. The average Bonchev–Trinajstić information content (AvgIpc) is 4.03. The number of methoxy groups -OCH3 is 1. The molecule has 392 valence electrons. The highest BCUT2D eigenvalue weighted by Crippen LogP contribution is 2.34. The molecule has 17 nitrogen and oxygen atoms in total. The molecule has 0 unspecified atom stereocenters. The number of halogens is 4. The Labute approximate surface area is 425 Å². The lowest BCUT2D eigenvalue weighted by Crippen LogP contribution is -2.46. The molecule has 1 aliphatic rings. The number of aromatic nitrogens is 5. The van der Waals surface area contributed by atoms with E-state index in [1.807, 2.05) is 61.7 Å². The number of anilines is 3. The van der Waals surface area contributed by atoms with Gasteiger partial charge in [0, 0.05) is 61.1 Å². The van der Waals surface area contributed by atoms with E-state index in [-0.39, 0.29) is 44.5 Å². The molecule has 1 saturated heterocycles. The van der Waals surface area contributed by atoms with E-state index in [4.69, 9.17) is 28.2 Å². The third-order valence-corrected chi connectivity index (χ3v) is 12.3. The second-order valence-corrected chi connectivity index (χ2v) is 17.7. The molecule has 7 aromatic rings. The molecular formula is C53H60F4N10O7. The Kier molecular flexibility index (Phi) is 17.4. The molecule has 74 heavy (non-hydrogen) atoms. The fourth-order valence-electron chi connectivity index (χ4n) is 8.77. The normalized spacial score (nSPS) is 14.9. The van der Waals surface area contributed by atoms with E-state index in [1.165, 1.54) is 7.11 Å². The zero-order chi connectivity index (χ0) is 52.2. The number of aryl methyl sites for hydroxylation is 2. The Morgan fingerprint density at radius 1 is 0.919 bits per heavy atom. The molecule has 3 aromatic carbocycles. The van der Waals surface area contributed by atoms with Crippen LogP contribution in [-0.4, -0.2) is 140 Å². The van der Waals surface area contributed by atoms with Crippen molar-refractivity contribution < 1.29 is 50.6 Å². The molecule has 0 spiro atoms. The van der Waals surface area contributed by atoms with Crippen molar-refractivity contribution in [3.05, 3.63) is 102 Å². The average molecular weight is 1030 g/mol. The fraction of sp³-hybridized carbons (Fsp3) is 0.396. The van der Waals surface area contributed by atoms with Crippen molar-refractivity contribution in [3.8, 4) is 40.2 Å². The van der Waals surface area contributed by atoms with Gasteiger partial charge in [0.2, 0.25) is 5.95 Å². The molecule has 8 rings (SSSR count). The second kappa shape index (κ2) is 24.5. The van der Waals surface area contributed by atoms with Gasteiger partial charge >= 0.3 is 6.18 Å². The van der Waals surface area contributed by atoms with Crippen LogP contribution in [-0.2, 0) is 27.4 Å². The van der Waals surface area contributed by atoms with Gasteiger partial charge < -0.3 is 63.5 Å². The van der Waals surface area contributed by atoms with E-state index in [2.05, 4.69) is 48.2 Å². The number of pyridine rings is 1. The Balaban J connectivity index is 0.721. The molecule has 4 N–H and O–H groups in total. The van der Waals surface area contributed by atoms with Crippen LogP contribution < -0.4 is 35.5 Å². The van der Waals surface area contributed by atoms with Crippen LogP contribution >= 0.6 is 0 Å². The summed E-state index contributed by atoms with van der Waals surface area (Å²) in [5.41, 5.74) is 6.67. The highest BCUT2D eigenvalue weighted by atomic mass is 19.4. The van der Waals surface area contributed by atoms with Crippen molar-refractivity contribution >= 4 is 45.3 Å². The van der Waals surface area contributed by atoms with Crippen molar-refractivity contribution in [1.82, 2.24) is 34.5 Å². The largest absolute Gasteiger partial charge is 0.494 e. The topological polar surface area (TPSA) is 176 Å². The quantitative estimate of drug-likeness (QED) is 0.0277. The van der Waals surface area contributed by atoms with Gasteiger partial charge in [0.15, 0.2) is 12.3 Å². The summed E-state index contributed by atoms with van der Waals surface area (Å²) < 4.78 is 93.2. The summed E-state index contributed by atoms with van der Waals surface area (Å²) in [5.74, 6) is 8.50. The Morgan fingerprint density at radius 2 is 1.72 bits per heavy atom. The van der Waals surface area contributed by atoms with Gasteiger partial charge in [-0.15, -0.1) is 0 Å². The maximum atomic E-state index is 14.9. The van der Waals surface area contributed by atoms with Crippen molar-refractivity contribution in [2.45, 2.75) is 51.7 Å². The number of piperidine rings is 1. The SMILES string of the molecule is CNc1nc2ncc(-c3c(C)noc3C)cc2n1Cc1cccc(OCC(=O)NCCOCCOCCOc2ccc(NCC#Cc3cc4c(N[C@@H]5CCN(C)C[C@@H]5F)cccc4n3CC(F)(F)F)c(OC)c2)c1. The van der Waals surface area contributed by atoms with Crippen LogP contribution in [0.1, 0.15) is 29.1 Å². The Morgan fingerprint density at radius 3 is 2.49 bits per heavy atom. The van der Waals surface area contributed by atoms with Crippen molar-refractivity contribution in [1.29, 1.82) is 0 Å². The highest BCUT2D eigenvalue weighted by Gasteiger charge is 2.31. The molecule has 2 atom stereocenters. The van der Waals surface area contributed by atoms with Crippen molar-refractivity contribution in [2.24, 2.45) is 0 Å². The van der Waals surface area contributed by atoms with Crippen LogP contribution in [0.25, 0.3) is 33.2 Å². The van der Waals surface area contributed by atoms with Crippen molar-refractivity contribution in [3.63, 3.8) is 0 Å². The van der Waals surface area contributed by atoms with Gasteiger partial charge in [-0.25, -0.2) is 9.37 Å². The first-order valence-electron chi connectivity index (χ1n) is 24.2. The number of ether oxygens (including phenoxy) is 5. The van der Waals surface area contributed by atoms with E-state index in [1.54, 1.807) is 54.7 Å². The Hall–Kier alpha value is -7.54. The van der Waals surface area contributed by atoms with E-state index < -0.39 is 24.9 Å². The lowest BCUT2D eigenvalue weighted by Gasteiger charge is -2.33. The number of fused-ring (bicyclic) bond motifs is 2. The molecule has 1 aliphatic heterocycles. The fourth-order valence-corrected chi connectivity index (χ4v) is 8.77. The second-order valence-electron chi connectivity index (χ2n) is 17.7. The number of hydrogen-bond donors (Lipinski definition) is 4. The number of carbonyl (C=O) groups is 1. The zero-order valence-corrected chi connectivity index (χ0v) is 41.9. The van der Waals surface area contributed by atoms with Crippen LogP contribution in [0.3, 0.4) is 0 Å². The van der Waals surface area contributed by atoms with E-state index >= 15 is 0 Å². The summed E-state index contributed by atoms with van der Waals surface area (Å²) in [6.07, 6.45) is -3.26. The molecule has 0 saturated carbocycles. The zero-order valence-electron chi connectivity index (χ0n) is 41.9. The molecule has 4 aromatic heterocycles. The van der Waals surface area contributed by atoms with Crippen LogP contribution in [0.4, 0.5) is 34.9 Å². The van der Waals surface area contributed by atoms with Crippen molar-refractivity contribution in [2.75, 3.05) is 103 Å². The highest BCUT2D eigenvalue weighted by molar-refractivity contribution is 5.94. The minimum atomic E-state index is -4.49. The van der Waals surface area contributed by atoms with Gasteiger partial charge in [-0.2, -0.15) is 18.2 Å². The first kappa shape index (κ1) is 52.8. The van der Waals surface area contributed by atoms with Crippen LogP contribution in [0, 0.1) is 25.7 Å².